The first-order valence-corrected chi connectivity index (χ1v) is 12.2. The highest BCUT2D eigenvalue weighted by Crippen LogP contribution is 2.38. The van der Waals surface area contributed by atoms with E-state index in [1.165, 1.54) is 31.2 Å². The Morgan fingerprint density at radius 3 is 2.34 bits per heavy atom. The molecule has 0 N–H and O–H groups in total. The molecule has 5 heteroatoms. The minimum atomic E-state index is 0.249. The summed E-state index contributed by atoms with van der Waals surface area (Å²) < 4.78 is 7.61. The quantitative estimate of drug-likeness (QED) is 0.461. The summed E-state index contributed by atoms with van der Waals surface area (Å²) in [4.78, 5) is 16.1. The normalized spacial score (nSPS) is 23.2. The molecule has 4 nitrogen and oxygen atoms in total. The summed E-state index contributed by atoms with van der Waals surface area (Å²) in [6.07, 6.45) is 6.01. The van der Waals surface area contributed by atoms with Crippen molar-refractivity contribution >= 4 is 28.3 Å². The monoisotopic (exact) mass is 448 g/mol. The van der Waals surface area contributed by atoms with Gasteiger partial charge in [0.15, 0.2) is 5.78 Å². The Balaban J connectivity index is 1.43. The second kappa shape index (κ2) is 8.02. The minimum absolute atomic E-state index is 0.249. The number of halogens is 1. The van der Waals surface area contributed by atoms with Gasteiger partial charge in [-0.15, -0.1) is 0 Å². The lowest BCUT2D eigenvalue weighted by atomic mass is 9.96. The van der Waals surface area contributed by atoms with Crippen LogP contribution in [0.3, 0.4) is 0 Å². The van der Waals surface area contributed by atoms with E-state index in [4.69, 9.17) is 16.3 Å². The molecule has 0 atom stereocenters. The first kappa shape index (κ1) is 20.5. The Hall–Kier alpha value is -2.14. The highest BCUT2D eigenvalue weighted by molar-refractivity contribution is 6.30. The molecule has 0 amide bonds. The first-order chi connectivity index (χ1) is 15.6. The highest BCUT2D eigenvalue weighted by Gasteiger charge is 2.40. The summed E-state index contributed by atoms with van der Waals surface area (Å²) in [5.74, 6) is 0.846. The van der Waals surface area contributed by atoms with Crippen LogP contribution in [0, 0.1) is 12.8 Å². The summed E-state index contributed by atoms with van der Waals surface area (Å²) in [6, 6.07) is 15.7. The fourth-order valence-corrected chi connectivity index (χ4v) is 6.25. The largest absolute Gasteiger partial charge is 0.381 e. The molecule has 0 aliphatic carbocycles. The van der Waals surface area contributed by atoms with Crippen molar-refractivity contribution < 1.29 is 9.53 Å². The van der Waals surface area contributed by atoms with Crippen LogP contribution in [0.15, 0.2) is 42.5 Å². The maximum Gasteiger partial charge on any atom is 0.179 e. The van der Waals surface area contributed by atoms with Crippen molar-refractivity contribution in [1.29, 1.82) is 0 Å². The van der Waals surface area contributed by atoms with E-state index in [-0.39, 0.29) is 5.78 Å². The molecule has 3 aromatic rings. The molecule has 2 aromatic carbocycles. The molecular weight excluding hydrogens is 420 g/mol. The van der Waals surface area contributed by atoms with E-state index >= 15 is 0 Å². The van der Waals surface area contributed by atoms with Crippen molar-refractivity contribution in [2.45, 2.75) is 51.1 Å². The predicted octanol–water partition coefficient (Wildman–Crippen LogP) is 5.59. The summed E-state index contributed by atoms with van der Waals surface area (Å²) >= 11 is 6.17. The van der Waals surface area contributed by atoms with Gasteiger partial charge in [0.1, 0.15) is 0 Å². The van der Waals surface area contributed by atoms with E-state index < -0.39 is 0 Å². The van der Waals surface area contributed by atoms with Crippen molar-refractivity contribution in [1.82, 2.24) is 9.47 Å². The number of benzene rings is 2. The third kappa shape index (κ3) is 3.40. The van der Waals surface area contributed by atoms with Gasteiger partial charge in [-0.25, -0.2) is 0 Å². The molecule has 3 fully saturated rings. The fourth-order valence-electron chi connectivity index (χ4n) is 6.12. The molecule has 3 aliphatic heterocycles. The average molecular weight is 449 g/mol. The van der Waals surface area contributed by atoms with Crippen LogP contribution in [0.4, 0.5) is 0 Å². The van der Waals surface area contributed by atoms with Gasteiger partial charge < -0.3 is 9.30 Å². The van der Waals surface area contributed by atoms with Crippen molar-refractivity contribution in [2.24, 2.45) is 5.92 Å². The number of Topliss-reactive ketones (excluding diaryl/α,β-unsaturated/α-hetero) is 1. The molecule has 1 aromatic heterocycles. The molecule has 6 rings (SSSR count). The van der Waals surface area contributed by atoms with Crippen molar-refractivity contribution in [2.75, 3.05) is 19.8 Å². The zero-order chi connectivity index (χ0) is 21.8. The number of ether oxygens (including phenoxy) is 1. The Morgan fingerprint density at radius 2 is 1.72 bits per heavy atom. The number of carbonyl (C=O) groups excluding carboxylic acids is 1. The summed E-state index contributed by atoms with van der Waals surface area (Å²) in [7, 11) is 0. The standard InChI is InChI=1S/C27H29ClN2O2/c1-17-27(26(31)14-29-21-7-8-22(29)10-9-21)24-11-2-18(12-19-15-32-16-19)13-25(24)30(17)23-5-3-20(28)4-6-23/h2-6,11,13,19,21-22H,7-10,12,14-16H2,1H3. The molecule has 0 saturated carbocycles. The summed E-state index contributed by atoms with van der Waals surface area (Å²) in [5.41, 5.74) is 5.34. The van der Waals surface area contributed by atoms with Gasteiger partial charge in [0.2, 0.25) is 0 Å². The molecule has 4 heterocycles. The third-order valence-electron chi connectivity index (χ3n) is 7.80. The van der Waals surface area contributed by atoms with E-state index in [0.717, 1.165) is 47.5 Å². The molecule has 0 unspecified atom stereocenters. The SMILES string of the molecule is Cc1c(C(=O)CN2C3CCC2CC3)c2ccc(CC3COC3)cc2n1-c1ccc(Cl)cc1. The van der Waals surface area contributed by atoms with Gasteiger partial charge in [-0.3, -0.25) is 9.69 Å². The number of rotatable bonds is 6. The lowest BCUT2D eigenvalue weighted by molar-refractivity contribution is -0.0312. The Morgan fingerprint density at radius 1 is 1.03 bits per heavy atom. The van der Waals surface area contributed by atoms with Gasteiger partial charge in [0.05, 0.1) is 25.3 Å². The predicted molar refractivity (Wildman–Crippen MR) is 128 cm³/mol. The summed E-state index contributed by atoms with van der Waals surface area (Å²) in [6.45, 7) is 4.31. The summed E-state index contributed by atoms with van der Waals surface area (Å²) in [5, 5.41) is 1.77. The van der Waals surface area contributed by atoms with E-state index in [1.54, 1.807) is 0 Å². The van der Waals surface area contributed by atoms with Gasteiger partial charge in [-0.1, -0.05) is 23.7 Å². The van der Waals surface area contributed by atoms with Gasteiger partial charge in [-0.05, 0) is 74.9 Å². The number of hydrogen-bond acceptors (Lipinski definition) is 3. The molecule has 3 aliphatic rings. The van der Waals surface area contributed by atoms with Crippen LogP contribution in [0.1, 0.15) is 47.3 Å². The zero-order valence-electron chi connectivity index (χ0n) is 18.5. The van der Waals surface area contributed by atoms with Crippen LogP contribution >= 0.6 is 11.6 Å². The van der Waals surface area contributed by atoms with Crippen molar-refractivity contribution in [3.8, 4) is 5.69 Å². The van der Waals surface area contributed by atoms with Crippen LogP contribution < -0.4 is 0 Å². The fraction of sp³-hybridized carbons (Fsp3) is 0.444. The number of nitrogens with zero attached hydrogens (tertiary/aromatic N) is 2. The van der Waals surface area contributed by atoms with Crippen LogP contribution in [0.25, 0.3) is 16.6 Å². The Labute approximate surface area is 194 Å². The van der Waals surface area contributed by atoms with Crippen molar-refractivity contribution in [3.05, 3.63) is 64.3 Å². The van der Waals surface area contributed by atoms with Gasteiger partial charge >= 0.3 is 0 Å². The maximum absolute atomic E-state index is 13.7. The number of ketones is 1. The van der Waals surface area contributed by atoms with E-state index in [0.29, 0.717) is 29.6 Å². The molecular formula is C27H29ClN2O2. The number of aromatic nitrogens is 1. The Kier molecular flexibility index (Phi) is 5.13. The van der Waals surface area contributed by atoms with Gasteiger partial charge in [0, 0.05) is 45.4 Å². The number of carbonyl (C=O) groups is 1. The smallest absolute Gasteiger partial charge is 0.179 e. The van der Waals surface area contributed by atoms with E-state index in [9.17, 15) is 4.79 Å². The minimum Gasteiger partial charge on any atom is -0.381 e. The van der Waals surface area contributed by atoms with Crippen LogP contribution in [0.2, 0.25) is 5.02 Å². The zero-order valence-corrected chi connectivity index (χ0v) is 19.3. The van der Waals surface area contributed by atoms with Crippen LogP contribution in [-0.4, -0.2) is 47.1 Å². The number of fused-ring (bicyclic) bond motifs is 3. The number of hydrogen-bond donors (Lipinski definition) is 0. The lowest BCUT2D eigenvalue weighted by Crippen LogP contribution is -2.34. The second-order valence-corrected chi connectivity index (χ2v) is 10.2. The van der Waals surface area contributed by atoms with Crippen LogP contribution in [-0.2, 0) is 11.2 Å². The molecule has 3 saturated heterocycles. The topological polar surface area (TPSA) is 34.5 Å². The maximum atomic E-state index is 13.7. The van der Waals surface area contributed by atoms with Gasteiger partial charge in [0.25, 0.3) is 0 Å². The van der Waals surface area contributed by atoms with Crippen LogP contribution in [0.5, 0.6) is 0 Å². The average Bonchev–Trinajstić information content (AvgIpc) is 3.41. The molecule has 166 valence electrons. The lowest BCUT2D eigenvalue weighted by Gasteiger charge is -2.25. The third-order valence-corrected chi connectivity index (χ3v) is 8.05. The highest BCUT2D eigenvalue weighted by atomic mass is 35.5. The molecule has 0 spiro atoms. The van der Waals surface area contributed by atoms with Gasteiger partial charge in [-0.2, -0.15) is 0 Å². The molecule has 32 heavy (non-hydrogen) atoms. The molecule has 2 bridgehead atoms. The molecule has 0 radical (unpaired) electrons. The Bertz CT molecular complexity index is 1160. The van der Waals surface area contributed by atoms with Crippen molar-refractivity contribution in [3.63, 3.8) is 0 Å². The van der Waals surface area contributed by atoms with E-state index in [1.807, 2.05) is 24.3 Å². The second-order valence-electron chi connectivity index (χ2n) is 9.79. The van der Waals surface area contributed by atoms with E-state index in [2.05, 4.69) is 34.6 Å². The first-order valence-electron chi connectivity index (χ1n) is 11.8.